The zero-order chi connectivity index (χ0) is 28.5. The number of aliphatic hydroxyl groups excluding tert-OH is 4. The topological polar surface area (TPSA) is 90.2 Å². The summed E-state index contributed by atoms with van der Waals surface area (Å²) in [6.45, 7) is 22.6. The van der Waals surface area contributed by atoms with Crippen LogP contribution >= 0.6 is 0 Å². The van der Waals surface area contributed by atoms with E-state index < -0.39 is 30.0 Å². The molecule has 17 atom stereocenters. The van der Waals surface area contributed by atoms with Gasteiger partial charge in [-0.2, -0.15) is 0 Å². The number of hydrogen-bond donors (Lipinski definition) is 4. The SMILES string of the molecule is CC(O)CCC(O)OC1C2(C)C(C)C3CCCC(C)C3C(C)C2C(C)C2(C)C(O)C(C(C)O)C(C)CC12C. The number of hydrogen-bond acceptors (Lipinski definition) is 5. The van der Waals surface area contributed by atoms with Crippen LogP contribution in [0.5, 0.6) is 0 Å². The highest BCUT2D eigenvalue weighted by Gasteiger charge is 2.75. The Hall–Kier alpha value is -0.200. The molecule has 4 aliphatic carbocycles. The van der Waals surface area contributed by atoms with E-state index in [0.29, 0.717) is 48.3 Å². The lowest BCUT2D eigenvalue weighted by Crippen LogP contribution is -2.76. The second-order valence-electron chi connectivity index (χ2n) is 15.5. The molecule has 4 N–H and O–H groups in total. The van der Waals surface area contributed by atoms with Crippen molar-refractivity contribution < 1.29 is 25.2 Å². The van der Waals surface area contributed by atoms with Crippen LogP contribution in [0, 0.1) is 69.5 Å². The maximum Gasteiger partial charge on any atom is 0.155 e. The van der Waals surface area contributed by atoms with E-state index in [9.17, 15) is 20.4 Å². The van der Waals surface area contributed by atoms with Gasteiger partial charge in [0.15, 0.2) is 6.29 Å². The van der Waals surface area contributed by atoms with Gasteiger partial charge in [0.1, 0.15) is 0 Å². The van der Waals surface area contributed by atoms with Crippen LogP contribution in [0.2, 0.25) is 0 Å². The van der Waals surface area contributed by atoms with Gasteiger partial charge >= 0.3 is 0 Å². The highest BCUT2D eigenvalue weighted by molar-refractivity contribution is 5.22. The Morgan fingerprint density at radius 3 is 2.08 bits per heavy atom. The average molecular weight is 537 g/mol. The first-order valence-electron chi connectivity index (χ1n) is 15.9. The van der Waals surface area contributed by atoms with Crippen LogP contribution in [0.25, 0.3) is 0 Å². The minimum atomic E-state index is -0.950. The third-order valence-corrected chi connectivity index (χ3v) is 13.8. The average Bonchev–Trinajstić information content (AvgIpc) is 2.81. The molecule has 4 aliphatic rings. The van der Waals surface area contributed by atoms with E-state index in [2.05, 4.69) is 55.4 Å². The van der Waals surface area contributed by atoms with Crippen molar-refractivity contribution in [1.82, 2.24) is 0 Å². The van der Waals surface area contributed by atoms with Crippen molar-refractivity contribution in [2.24, 2.45) is 69.5 Å². The molecule has 38 heavy (non-hydrogen) atoms. The summed E-state index contributed by atoms with van der Waals surface area (Å²) < 4.78 is 6.89. The largest absolute Gasteiger partial charge is 0.393 e. The number of rotatable bonds is 6. The summed E-state index contributed by atoms with van der Waals surface area (Å²) >= 11 is 0. The summed E-state index contributed by atoms with van der Waals surface area (Å²) in [5, 5.41) is 44.3. The predicted molar refractivity (Wildman–Crippen MR) is 152 cm³/mol. The van der Waals surface area contributed by atoms with Crippen LogP contribution in [0.3, 0.4) is 0 Å². The molecule has 0 saturated heterocycles. The molecule has 0 amide bonds. The van der Waals surface area contributed by atoms with E-state index >= 15 is 0 Å². The van der Waals surface area contributed by atoms with Crippen molar-refractivity contribution >= 4 is 0 Å². The second kappa shape index (κ2) is 10.6. The van der Waals surface area contributed by atoms with E-state index in [1.165, 1.54) is 19.3 Å². The molecule has 17 unspecified atom stereocenters. The molecule has 0 heterocycles. The quantitative estimate of drug-likeness (QED) is 0.319. The van der Waals surface area contributed by atoms with Gasteiger partial charge in [0.2, 0.25) is 0 Å². The van der Waals surface area contributed by atoms with Crippen molar-refractivity contribution in [2.75, 3.05) is 0 Å². The van der Waals surface area contributed by atoms with E-state index in [0.717, 1.165) is 6.42 Å². The molecule has 5 heteroatoms. The van der Waals surface area contributed by atoms with Crippen LogP contribution in [-0.4, -0.2) is 51.1 Å². The Morgan fingerprint density at radius 2 is 1.50 bits per heavy atom. The van der Waals surface area contributed by atoms with E-state index in [1.54, 1.807) is 6.92 Å². The first-order valence-corrected chi connectivity index (χ1v) is 15.9. The standard InChI is InChI=1S/C33H60O5/c1-17-12-11-13-24-21(5)32(9)28(20(4)26(17)24)22(6)33(10)29(37)27(23(7)35)18(2)16-31(33,8)30(32)38-25(36)15-14-19(3)34/h17-30,34-37H,11-16H2,1-10H3. The predicted octanol–water partition coefficient (Wildman–Crippen LogP) is 5.87. The summed E-state index contributed by atoms with van der Waals surface area (Å²) in [6.07, 6.45) is 2.71. The van der Waals surface area contributed by atoms with Crippen molar-refractivity contribution in [2.45, 2.75) is 138 Å². The van der Waals surface area contributed by atoms with E-state index in [1.807, 2.05) is 6.92 Å². The Balaban J connectivity index is 1.88. The Morgan fingerprint density at radius 1 is 0.868 bits per heavy atom. The maximum atomic E-state index is 12.2. The minimum absolute atomic E-state index is 0.134. The lowest BCUT2D eigenvalue weighted by Gasteiger charge is -2.76. The molecule has 0 radical (unpaired) electrons. The molecule has 0 bridgehead atoms. The molecule has 222 valence electrons. The fraction of sp³-hybridized carbons (Fsp3) is 1.00. The van der Waals surface area contributed by atoms with Crippen LogP contribution in [0.4, 0.5) is 0 Å². The zero-order valence-corrected chi connectivity index (χ0v) is 26.0. The van der Waals surface area contributed by atoms with Gasteiger partial charge in [-0.05, 0) is 80.5 Å². The lowest BCUT2D eigenvalue weighted by molar-refractivity contribution is -0.352. The molecule has 0 aromatic rings. The van der Waals surface area contributed by atoms with Gasteiger partial charge in [-0.25, -0.2) is 0 Å². The molecule has 0 aromatic heterocycles. The second-order valence-corrected chi connectivity index (χ2v) is 15.5. The molecular formula is C33H60O5. The smallest absolute Gasteiger partial charge is 0.155 e. The van der Waals surface area contributed by atoms with Crippen molar-refractivity contribution in [3.63, 3.8) is 0 Å². The number of aliphatic hydroxyl groups is 4. The maximum absolute atomic E-state index is 12.2. The van der Waals surface area contributed by atoms with Crippen LogP contribution in [0.1, 0.15) is 108 Å². The number of fused-ring (bicyclic) bond motifs is 3. The van der Waals surface area contributed by atoms with Gasteiger partial charge in [-0.3, -0.25) is 0 Å². The first kappa shape index (κ1) is 30.8. The van der Waals surface area contributed by atoms with Crippen molar-refractivity contribution in [3.05, 3.63) is 0 Å². The molecule has 4 saturated carbocycles. The first-order chi connectivity index (χ1) is 17.5. The molecule has 4 rings (SSSR count). The van der Waals surface area contributed by atoms with Crippen molar-refractivity contribution in [3.8, 4) is 0 Å². The van der Waals surface area contributed by atoms with Gasteiger partial charge in [-0.15, -0.1) is 0 Å². The fourth-order valence-corrected chi connectivity index (χ4v) is 11.9. The highest BCUT2D eigenvalue weighted by atomic mass is 16.6. The number of ether oxygens (including phenoxy) is 1. The molecule has 0 aromatic carbocycles. The van der Waals surface area contributed by atoms with Crippen LogP contribution in [0.15, 0.2) is 0 Å². The van der Waals surface area contributed by atoms with Crippen LogP contribution in [-0.2, 0) is 4.74 Å². The fourth-order valence-electron chi connectivity index (χ4n) is 11.9. The van der Waals surface area contributed by atoms with Gasteiger partial charge in [-0.1, -0.05) is 68.2 Å². The Labute approximate surface area is 233 Å². The monoisotopic (exact) mass is 536 g/mol. The molecule has 4 fully saturated rings. The van der Waals surface area contributed by atoms with Gasteiger partial charge in [0, 0.05) is 28.6 Å². The van der Waals surface area contributed by atoms with Crippen molar-refractivity contribution in [1.29, 1.82) is 0 Å². The lowest BCUT2D eigenvalue weighted by atomic mass is 9.31. The molecule has 0 aliphatic heterocycles. The molecule has 0 spiro atoms. The van der Waals surface area contributed by atoms with Gasteiger partial charge < -0.3 is 25.2 Å². The summed E-state index contributed by atoms with van der Waals surface area (Å²) in [5.41, 5.74) is -1.01. The van der Waals surface area contributed by atoms with Gasteiger partial charge in [0.25, 0.3) is 0 Å². The minimum Gasteiger partial charge on any atom is -0.393 e. The summed E-state index contributed by atoms with van der Waals surface area (Å²) in [7, 11) is 0. The Kier molecular flexibility index (Phi) is 8.55. The van der Waals surface area contributed by atoms with E-state index in [4.69, 9.17) is 4.74 Å². The molecular weight excluding hydrogens is 476 g/mol. The highest BCUT2D eigenvalue weighted by Crippen LogP contribution is 2.75. The Bertz CT molecular complexity index is 830. The summed E-state index contributed by atoms with van der Waals surface area (Å²) in [4.78, 5) is 0. The molecule has 5 nitrogen and oxygen atoms in total. The van der Waals surface area contributed by atoms with E-state index in [-0.39, 0.29) is 34.7 Å². The third-order valence-electron chi connectivity index (χ3n) is 13.8. The third kappa shape index (κ3) is 4.27. The van der Waals surface area contributed by atoms with Crippen LogP contribution < -0.4 is 0 Å². The van der Waals surface area contributed by atoms with Gasteiger partial charge in [0.05, 0.1) is 24.4 Å². The normalized spacial score (nSPS) is 55.3. The summed E-state index contributed by atoms with van der Waals surface area (Å²) in [6, 6.07) is 0. The summed E-state index contributed by atoms with van der Waals surface area (Å²) in [5.74, 6) is 3.47. The zero-order valence-electron chi connectivity index (χ0n) is 26.0.